The van der Waals surface area contributed by atoms with Gasteiger partial charge < -0.3 is 10.6 Å². The van der Waals surface area contributed by atoms with Crippen LogP contribution in [0.5, 0.6) is 0 Å². The lowest BCUT2D eigenvalue weighted by molar-refractivity contribution is -0.129. The highest BCUT2D eigenvalue weighted by atomic mass is 16.2. The van der Waals surface area contributed by atoms with E-state index in [2.05, 4.69) is 10.6 Å². The number of Topliss-reactive ketones (excluding diaryl/α,β-unsaturated/α-hetero) is 1. The van der Waals surface area contributed by atoms with E-state index in [1.807, 2.05) is 13.1 Å². The van der Waals surface area contributed by atoms with E-state index < -0.39 is 0 Å². The SMILES string of the molecule is CNCC1(C(=O)Nc2cccc(C(C)=O)c2)CCC1. The van der Waals surface area contributed by atoms with E-state index >= 15 is 0 Å². The monoisotopic (exact) mass is 260 g/mol. The van der Waals surface area contributed by atoms with Crippen LogP contribution in [-0.2, 0) is 4.79 Å². The fourth-order valence-corrected chi connectivity index (χ4v) is 2.51. The van der Waals surface area contributed by atoms with Gasteiger partial charge in [0.1, 0.15) is 0 Å². The zero-order valence-electron chi connectivity index (χ0n) is 11.5. The third-order valence-corrected chi connectivity index (χ3v) is 3.83. The van der Waals surface area contributed by atoms with Gasteiger partial charge in [0.05, 0.1) is 5.41 Å². The van der Waals surface area contributed by atoms with Crippen molar-refractivity contribution < 1.29 is 9.59 Å². The Morgan fingerprint density at radius 3 is 2.58 bits per heavy atom. The predicted octanol–water partition coefficient (Wildman–Crippen LogP) is 2.22. The van der Waals surface area contributed by atoms with Crippen LogP contribution in [0.1, 0.15) is 36.5 Å². The Kier molecular flexibility index (Phi) is 4.00. The molecule has 19 heavy (non-hydrogen) atoms. The third-order valence-electron chi connectivity index (χ3n) is 3.83. The van der Waals surface area contributed by atoms with E-state index in [0.717, 1.165) is 19.3 Å². The van der Waals surface area contributed by atoms with Gasteiger partial charge in [-0.25, -0.2) is 0 Å². The molecule has 4 heteroatoms. The van der Waals surface area contributed by atoms with Gasteiger partial charge >= 0.3 is 0 Å². The number of nitrogens with one attached hydrogen (secondary N) is 2. The molecule has 102 valence electrons. The zero-order valence-corrected chi connectivity index (χ0v) is 11.5. The summed E-state index contributed by atoms with van der Waals surface area (Å²) in [6.45, 7) is 2.22. The maximum atomic E-state index is 12.4. The average Bonchev–Trinajstić information content (AvgIpc) is 2.33. The molecule has 1 saturated carbocycles. The van der Waals surface area contributed by atoms with Gasteiger partial charge in [0.15, 0.2) is 5.78 Å². The lowest BCUT2D eigenvalue weighted by Gasteiger charge is -2.40. The number of anilines is 1. The molecule has 4 nitrogen and oxygen atoms in total. The maximum Gasteiger partial charge on any atom is 0.231 e. The molecule has 1 aromatic carbocycles. The van der Waals surface area contributed by atoms with Crippen LogP contribution >= 0.6 is 0 Å². The van der Waals surface area contributed by atoms with Crippen molar-refractivity contribution in [2.75, 3.05) is 18.9 Å². The second-order valence-electron chi connectivity index (χ2n) is 5.26. The van der Waals surface area contributed by atoms with Gasteiger partial charge in [-0.05, 0) is 38.9 Å². The van der Waals surface area contributed by atoms with E-state index in [1.165, 1.54) is 6.92 Å². The molecule has 1 aliphatic carbocycles. The molecule has 2 N–H and O–H groups in total. The number of rotatable bonds is 5. The number of carbonyl (C=O) groups is 2. The molecular formula is C15H20N2O2. The summed E-state index contributed by atoms with van der Waals surface area (Å²) in [4.78, 5) is 23.7. The number of benzene rings is 1. The first kappa shape index (κ1) is 13.7. The first-order valence-corrected chi connectivity index (χ1v) is 6.64. The van der Waals surface area contributed by atoms with Gasteiger partial charge in [-0.1, -0.05) is 18.6 Å². The highest BCUT2D eigenvalue weighted by molar-refractivity contribution is 5.99. The lowest BCUT2D eigenvalue weighted by Crippen LogP contribution is -2.48. The number of hydrogen-bond donors (Lipinski definition) is 2. The van der Waals surface area contributed by atoms with Crippen molar-refractivity contribution in [2.24, 2.45) is 5.41 Å². The molecule has 0 saturated heterocycles. The summed E-state index contributed by atoms with van der Waals surface area (Å²) < 4.78 is 0. The second-order valence-corrected chi connectivity index (χ2v) is 5.26. The topological polar surface area (TPSA) is 58.2 Å². The quantitative estimate of drug-likeness (QED) is 0.798. The van der Waals surface area contributed by atoms with E-state index in [4.69, 9.17) is 0 Å². The number of amides is 1. The standard InChI is InChI=1S/C15H20N2O2/c1-11(18)12-5-3-6-13(9-12)17-14(19)15(10-16-2)7-4-8-15/h3,5-6,9,16H,4,7-8,10H2,1-2H3,(H,17,19). The van der Waals surface area contributed by atoms with Crippen LogP contribution in [0, 0.1) is 5.41 Å². The molecule has 0 aliphatic heterocycles. The Labute approximate surface area is 113 Å². The zero-order chi connectivity index (χ0) is 13.9. The van der Waals surface area contributed by atoms with Crippen molar-refractivity contribution >= 4 is 17.4 Å². The Bertz CT molecular complexity index is 493. The van der Waals surface area contributed by atoms with Crippen molar-refractivity contribution in [3.8, 4) is 0 Å². The Hall–Kier alpha value is -1.68. The predicted molar refractivity (Wildman–Crippen MR) is 75.3 cm³/mol. The summed E-state index contributed by atoms with van der Waals surface area (Å²) in [5.41, 5.74) is 1.04. The van der Waals surface area contributed by atoms with Crippen molar-refractivity contribution in [1.29, 1.82) is 0 Å². The van der Waals surface area contributed by atoms with Crippen LogP contribution in [0.4, 0.5) is 5.69 Å². The summed E-state index contributed by atoms with van der Waals surface area (Å²) in [6, 6.07) is 7.09. The molecule has 0 radical (unpaired) electrons. The van der Waals surface area contributed by atoms with Crippen molar-refractivity contribution in [1.82, 2.24) is 5.32 Å². The summed E-state index contributed by atoms with van der Waals surface area (Å²) in [6.07, 6.45) is 2.95. The van der Waals surface area contributed by atoms with Gasteiger partial charge in [0.25, 0.3) is 0 Å². The third kappa shape index (κ3) is 2.84. The van der Waals surface area contributed by atoms with Crippen LogP contribution in [0.25, 0.3) is 0 Å². The van der Waals surface area contributed by atoms with Crippen LogP contribution < -0.4 is 10.6 Å². The number of ketones is 1. The van der Waals surface area contributed by atoms with Gasteiger partial charge in [-0.3, -0.25) is 9.59 Å². The highest BCUT2D eigenvalue weighted by Crippen LogP contribution is 2.41. The molecule has 1 fully saturated rings. The van der Waals surface area contributed by atoms with Crippen molar-refractivity contribution in [2.45, 2.75) is 26.2 Å². The minimum Gasteiger partial charge on any atom is -0.326 e. The first-order chi connectivity index (χ1) is 9.07. The van der Waals surface area contributed by atoms with Gasteiger partial charge in [-0.15, -0.1) is 0 Å². The summed E-state index contributed by atoms with van der Waals surface area (Å²) in [7, 11) is 1.86. The maximum absolute atomic E-state index is 12.4. The second kappa shape index (κ2) is 5.53. The Morgan fingerprint density at radius 1 is 1.32 bits per heavy atom. The fourth-order valence-electron chi connectivity index (χ4n) is 2.51. The molecule has 0 atom stereocenters. The first-order valence-electron chi connectivity index (χ1n) is 6.64. The summed E-state index contributed by atoms with van der Waals surface area (Å²) >= 11 is 0. The average molecular weight is 260 g/mol. The van der Waals surface area contributed by atoms with Crippen molar-refractivity contribution in [3.63, 3.8) is 0 Å². The lowest BCUT2D eigenvalue weighted by atomic mass is 9.68. The molecule has 2 rings (SSSR count). The van der Waals surface area contributed by atoms with Gasteiger partial charge in [0, 0.05) is 17.8 Å². The normalized spacial score (nSPS) is 16.5. The molecule has 0 aromatic heterocycles. The smallest absolute Gasteiger partial charge is 0.231 e. The molecule has 0 heterocycles. The van der Waals surface area contributed by atoms with Crippen LogP contribution in [0.2, 0.25) is 0 Å². The summed E-state index contributed by atoms with van der Waals surface area (Å²) in [5, 5.41) is 6.03. The van der Waals surface area contributed by atoms with Crippen LogP contribution in [0.15, 0.2) is 24.3 Å². The number of hydrogen-bond acceptors (Lipinski definition) is 3. The van der Waals surface area contributed by atoms with E-state index in [-0.39, 0.29) is 17.1 Å². The van der Waals surface area contributed by atoms with E-state index in [1.54, 1.807) is 18.2 Å². The molecule has 0 unspecified atom stereocenters. The molecule has 1 amide bonds. The van der Waals surface area contributed by atoms with Gasteiger partial charge in [0.2, 0.25) is 5.91 Å². The minimum atomic E-state index is -0.277. The molecule has 1 aliphatic rings. The molecular weight excluding hydrogens is 240 g/mol. The van der Waals surface area contributed by atoms with Gasteiger partial charge in [-0.2, -0.15) is 0 Å². The minimum absolute atomic E-state index is 0.00433. The van der Waals surface area contributed by atoms with Crippen LogP contribution in [-0.4, -0.2) is 25.3 Å². The van der Waals surface area contributed by atoms with Crippen LogP contribution in [0.3, 0.4) is 0 Å². The molecule has 0 bridgehead atoms. The summed E-state index contributed by atoms with van der Waals surface area (Å²) in [5.74, 6) is 0.0542. The Morgan fingerprint density at radius 2 is 2.05 bits per heavy atom. The fraction of sp³-hybridized carbons (Fsp3) is 0.467. The highest BCUT2D eigenvalue weighted by Gasteiger charge is 2.43. The van der Waals surface area contributed by atoms with Crippen molar-refractivity contribution in [3.05, 3.63) is 29.8 Å². The Balaban J connectivity index is 2.10. The molecule has 1 aromatic rings. The van der Waals surface area contributed by atoms with E-state index in [9.17, 15) is 9.59 Å². The number of carbonyl (C=O) groups excluding carboxylic acids is 2. The molecule has 0 spiro atoms. The van der Waals surface area contributed by atoms with E-state index in [0.29, 0.717) is 17.8 Å². The largest absolute Gasteiger partial charge is 0.326 e.